The van der Waals surface area contributed by atoms with E-state index in [-0.39, 0.29) is 0 Å². The molecule has 105 valence electrons. The zero-order valence-electron chi connectivity index (χ0n) is 11.8. The van der Waals surface area contributed by atoms with Gasteiger partial charge in [0, 0.05) is 17.9 Å². The van der Waals surface area contributed by atoms with Crippen molar-refractivity contribution in [2.75, 3.05) is 13.2 Å². The van der Waals surface area contributed by atoms with E-state index in [2.05, 4.69) is 24.3 Å². The summed E-state index contributed by atoms with van der Waals surface area (Å²) in [7, 11) is 0. The van der Waals surface area contributed by atoms with Gasteiger partial charge in [0.25, 0.3) is 0 Å². The van der Waals surface area contributed by atoms with Crippen LogP contribution in [0.5, 0.6) is 11.5 Å². The van der Waals surface area contributed by atoms with Gasteiger partial charge in [0.05, 0.1) is 13.2 Å². The van der Waals surface area contributed by atoms with Crippen LogP contribution < -0.4 is 9.47 Å². The minimum Gasteiger partial charge on any atom is -0.493 e. The maximum absolute atomic E-state index is 5.87. The summed E-state index contributed by atoms with van der Waals surface area (Å²) in [6, 6.07) is 25.0. The number of benzene rings is 3. The largest absolute Gasteiger partial charge is 0.493 e. The summed E-state index contributed by atoms with van der Waals surface area (Å²) in [6.45, 7) is 1.27. The molecule has 0 aliphatic heterocycles. The molecule has 0 aliphatic carbocycles. The molecule has 2 heteroatoms. The molecule has 2 nitrogen and oxygen atoms in total. The van der Waals surface area contributed by atoms with Crippen LogP contribution in [0.4, 0.5) is 0 Å². The smallest absolute Gasteiger partial charge is 0.127 e. The maximum atomic E-state index is 5.87. The number of rotatable bonds is 6. The molecule has 0 heterocycles. The molecule has 0 saturated heterocycles. The SMILES string of the molecule is [c]1ccccc1OCCCOc1cccc2ccccc12. The topological polar surface area (TPSA) is 18.5 Å². The normalized spacial score (nSPS) is 10.5. The summed E-state index contributed by atoms with van der Waals surface area (Å²) < 4.78 is 11.5. The van der Waals surface area contributed by atoms with Gasteiger partial charge < -0.3 is 9.47 Å². The van der Waals surface area contributed by atoms with Crippen LogP contribution in [0.1, 0.15) is 6.42 Å². The monoisotopic (exact) mass is 277 g/mol. The molecule has 3 aromatic carbocycles. The Balaban J connectivity index is 1.51. The van der Waals surface area contributed by atoms with Gasteiger partial charge >= 0.3 is 0 Å². The Morgan fingerprint density at radius 1 is 0.762 bits per heavy atom. The van der Waals surface area contributed by atoms with Crippen LogP contribution in [0, 0.1) is 6.07 Å². The molecule has 1 radical (unpaired) electrons. The van der Waals surface area contributed by atoms with Gasteiger partial charge in [-0.1, -0.05) is 54.6 Å². The van der Waals surface area contributed by atoms with Gasteiger partial charge in [-0.15, -0.1) is 0 Å². The van der Waals surface area contributed by atoms with Crippen molar-refractivity contribution in [1.29, 1.82) is 0 Å². The van der Waals surface area contributed by atoms with Crippen LogP contribution in [0.2, 0.25) is 0 Å². The highest BCUT2D eigenvalue weighted by molar-refractivity contribution is 5.88. The highest BCUT2D eigenvalue weighted by Crippen LogP contribution is 2.25. The van der Waals surface area contributed by atoms with Gasteiger partial charge in [-0.2, -0.15) is 0 Å². The van der Waals surface area contributed by atoms with Crippen molar-refractivity contribution in [3.05, 3.63) is 72.8 Å². The van der Waals surface area contributed by atoms with E-state index in [1.165, 1.54) is 5.39 Å². The first-order valence-electron chi connectivity index (χ1n) is 7.13. The molecule has 0 spiro atoms. The third-order valence-electron chi connectivity index (χ3n) is 3.23. The molecule has 0 aromatic heterocycles. The van der Waals surface area contributed by atoms with E-state index in [1.54, 1.807) is 0 Å². The highest BCUT2D eigenvalue weighted by Gasteiger charge is 2.01. The molecule has 21 heavy (non-hydrogen) atoms. The van der Waals surface area contributed by atoms with Crippen LogP contribution in [0.3, 0.4) is 0 Å². The lowest BCUT2D eigenvalue weighted by Crippen LogP contribution is -2.05. The van der Waals surface area contributed by atoms with Crippen LogP contribution in [-0.4, -0.2) is 13.2 Å². The molecule has 0 unspecified atom stereocenters. The van der Waals surface area contributed by atoms with E-state index in [1.807, 2.05) is 48.5 Å². The van der Waals surface area contributed by atoms with Gasteiger partial charge in [0.15, 0.2) is 0 Å². The van der Waals surface area contributed by atoms with Gasteiger partial charge in [0.2, 0.25) is 0 Å². The summed E-state index contributed by atoms with van der Waals surface area (Å²) in [4.78, 5) is 0. The molecule has 3 aromatic rings. The van der Waals surface area contributed by atoms with Crippen molar-refractivity contribution < 1.29 is 9.47 Å². The van der Waals surface area contributed by atoms with E-state index < -0.39 is 0 Å². The van der Waals surface area contributed by atoms with Crippen LogP contribution in [0.25, 0.3) is 10.8 Å². The van der Waals surface area contributed by atoms with Crippen molar-refractivity contribution in [2.45, 2.75) is 6.42 Å². The predicted octanol–water partition coefficient (Wildman–Crippen LogP) is 4.49. The Labute approximate surface area is 124 Å². The lowest BCUT2D eigenvalue weighted by molar-refractivity contribution is 0.249. The molecule has 0 bridgehead atoms. The first kappa shape index (κ1) is 13.5. The van der Waals surface area contributed by atoms with E-state index >= 15 is 0 Å². The van der Waals surface area contributed by atoms with Crippen LogP contribution in [0.15, 0.2) is 66.7 Å². The Bertz CT molecular complexity index is 687. The Morgan fingerprint density at radius 3 is 2.48 bits per heavy atom. The van der Waals surface area contributed by atoms with E-state index in [0.717, 1.165) is 23.3 Å². The fraction of sp³-hybridized carbons (Fsp3) is 0.158. The lowest BCUT2D eigenvalue weighted by atomic mass is 10.1. The fourth-order valence-corrected chi connectivity index (χ4v) is 2.21. The van der Waals surface area contributed by atoms with Gasteiger partial charge in [-0.3, -0.25) is 0 Å². The lowest BCUT2D eigenvalue weighted by Gasteiger charge is -2.10. The minimum absolute atomic E-state index is 0.630. The zero-order chi connectivity index (χ0) is 14.3. The average Bonchev–Trinajstić information content (AvgIpc) is 2.56. The number of hydrogen-bond donors (Lipinski definition) is 0. The molecular formula is C19H17O2. The zero-order valence-corrected chi connectivity index (χ0v) is 11.8. The molecule has 0 aliphatic rings. The molecule has 0 amide bonds. The Hall–Kier alpha value is -2.48. The van der Waals surface area contributed by atoms with Crippen molar-refractivity contribution in [3.63, 3.8) is 0 Å². The van der Waals surface area contributed by atoms with Crippen LogP contribution in [-0.2, 0) is 0 Å². The second-order valence-corrected chi connectivity index (χ2v) is 4.75. The van der Waals surface area contributed by atoms with Crippen molar-refractivity contribution in [2.24, 2.45) is 0 Å². The standard InChI is InChI=1S/C19H17O2/c1-2-10-17(11-3-1)20-14-7-15-21-19-13-6-9-16-8-4-5-12-18(16)19/h1-6,8-10,12-13H,7,14-15H2. The minimum atomic E-state index is 0.630. The number of ether oxygens (including phenoxy) is 2. The molecule has 0 N–H and O–H groups in total. The van der Waals surface area contributed by atoms with E-state index in [9.17, 15) is 0 Å². The van der Waals surface area contributed by atoms with Crippen molar-refractivity contribution >= 4 is 10.8 Å². The van der Waals surface area contributed by atoms with Crippen molar-refractivity contribution in [1.82, 2.24) is 0 Å². The number of fused-ring (bicyclic) bond motifs is 1. The second-order valence-electron chi connectivity index (χ2n) is 4.75. The van der Waals surface area contributed by atoms with E-state index in [0.29, 0.717) is 13.2 Å². The molecular weight excluding hydrogens is 260 g/mol. The molecule has 0 saturated carbocycles. The number of hydrogen-bond acceptors (Lipinski definition) is 2. The Kier molecular flexibility index (Phi) is 4.37. The van der Waals surface area contributed by atoms with E-state index in [4.69, 9.17) is 9.47 Å². The van der Waals surface area contributed by atoms with Gasteiger partial charge in [-0.25, -0.2) is 0 Å². The summed E-state index contributed by atoms with van der Waals surface area (Å²) in [5, 5.41) is 2.35. The van der Waals surface area contributed by atoms with Gasteiger partial charge in [-0.05, 0) is 17.5 Å². The third-order valence-corrected chi connectivity index (χ3v) is 3.23. The summed E-state index contributed by atoms with van der Waals surface area (Å²) in [5.41, 5.74) is 0. The maximum Gasteiger partial charge on any atom is 0.127 e. The second kappa shape index (κ2) is 6.80. The first-order valence-corrected chi connectivity index (χ1v) is 7.13. The molecule has 0 fully saturated rings. The molecule has 3 rings (SSSR count). The third kappa shape index (κ3) is 3.54. The van der Waals surface area contributed by atoms with Crippen molar-refractivity contribution in [3.8, 4) is 11.5 Å². The summed E-state index contributed by atoms with van der Waals surface area (Å²) in [5.74, 6) is 1.71. The van der Waals surface area contributed by atoms with Crippen LogP contribution >= 0.6 is 0 Å². The first-order chi connectivity index (χ1) is 10.4. The quantitative estimate of drug-likeness (QED) is 0.618. The average molecular weight is 277 g/mol. The molecule has 0 atom stereocenters. The fourth-order valence-electron chi connectivity index (χ4n) is 2.21. The highest BCUT2D eigenvalue weighted by atomic mass is 16.5. The summed E-state index contributed by atoms with van der Waals surface area (Å²) >= 11 is 0. The summed E-state index contributed by atoms with van der Waals surface area (Å²) in [6.07, 6.45) is 0.839. The Morgan fingerprint density at radius 2 is 1.57 bits per heavy atom. The predicted molar refractivity (Wildman–Crippen MR) is 84.8 cm³/mol. The van der Waals surface area contributed by atoms with Gasteiger partial charge in [0.1, 0.15) is 11.5 Å². The number of para-hydroxylation sites is 1.